The van der Waals surface area contributed by atoms with Gasteiger partial charge < -0.3 is 4.74 Å². The van der Waals surface area contributed by atoms with Crippen molar-refractivity contribution in [1.82, 2.24) is 0 Å². The lowest BCUT2D eigenvalue weighted by atomic mass is 9.92. The number of aryl methyl sites for hydroxylation is 1. The van der Waals surface area contributed by atoms with Crippen LogP contribution >= 0.6 is 0 Å². The van der Waals surface area contributed by atoms with Crippen LogP contribution in [0.1, 0.15) is 29.5 Å². The Morgan fingerprint density at radius 2 is 1.90 bits per heavy atom. The number of ether oxygens (including phenoxy) is 1. The number of nitrogens with zero attached hydrogens (tertiary/aromatic N) is 1. The minimum atomic E-state index is -0.284. The lowest BCUT2D eigenvalue weighted by Gasteiger charge is -2.12. The summed E-state index contributed by atoms with van der Waals surface area (Å²) in [7, 11) is 1.66. The highest BCUT2D eigenvalue weighted by atomic mass is 19.1. The van der Waals surface area contributed by atoms with Crippen molar-refractivity contribution in [2.24, 2.45) is 0 Å². The average Bonchev–Trinajstić information content (AvgIpc) is 2.53. The first kappa shape index (κ1) is 15.1. The van der Waals surface area contributed by atoms with E-state index >= 15 is 0 Å². The van der Waals surface area contributed by atoms with Crippen LogP contribution in [0.2, 0.25) is 0 Å². The summed E-state index contributed by atoms with van der Waals surface area (Å²) in [4.78, 5) is 0. The standard InChI is InChI=1S/C18H18FNO/c1-3-14-10-13(4-9-18(14)21-2)11-16(12-20)15-5-7-17(19)8-6-15/h4-10,16H,3,11H2,1-2H3. The first-order chi connectivity index (χ1) is 10.2. The molecule has 2 aromatic carbocycles. The second-order valence-electron chi connectivity index (χ2n) is 4.94. The van der Waals surface area contributed by atoms with Crippen molar-refractivity contribution >= 4 is 0 Å². The Labute approximate surface area is 124 Å². The molecule has 0 amide bonds. The minimum absolute atomic E-state index is 0.274. The molecule has 1 atom stereocenters. The number of nitriles is 1. The zero-order chi connectivity index (χ0) is 15.2. The summed E-state index contributed by atoms with van der Waals surface area (Å²) in [5, 5.41) is 9.37. The predicted molar refractivity (Wildman–Crippen MR) is 80.8 cm³/mol. The quantitative estimate of drug-likeness (QED) is 0.822. The molecule has 0 bridgehead atoms. The summed E-state index contributed by atoms with van der Waals surface area (Å²) in [5.41, 5.74) is 3.06. The SMILES string of the molecule is CCc1cc(CC(C#N)c2ccc(F)cc2)ccc1OC. The summed E-state index contributed by atoms with van der Waals surface area (Å²) in [6.07, 6.45) is 1.49. The molecule has 0 aromatic heterocycles. The fraction of sp³-hybridized carbons (Fsp3) is 0.278. The van der Waals surface area contributed by atoms with Gasteiger partial charge in [0.15, 0.2) is 0 Å². The van der Waals surface area contributed by atoms with Crippen LogP contribution < -0.4 is 4.74 Å². The summed E-state index contributed by atoms with van der Waals surface area (Å²) in [5.74, 6) is 0.313. The Morgan fingerprint density at radius 3 is 2.48 bits per heavy atom. The van der Waals surface area contributed by atoms with Gasteiger partial charge in [0.1, 0.15) is 11.6 Å². The van der Waals surface area contributed by atoms with Gasteiger partial charge in [-0.1, -0.05) is 31.2 Å². The summed E-state index contributed by atoms with van der Waals surface area (Å²) in [6.45, 7) is 2.07. The van der Waals surface area contributed by atoms with Crippen molar-refractivity contribution in [2.75, 3.05) is 7.11 Å². The zero-order valence-electron chi connectivity index (χ0n) is 12.3. The molecular weight excluding hydrogens is 265 g/mol. The lowest BCUT2D eigenvalue weighted by molar-refractivity contribution is 0.410. The van der Waals surface area contributed by atoms with E-state index in [0.717, 1.165) is 28.9 Å². The van der Waals surface area contributed by atoms with Gasteiger partial charge in [0.05, 0.1) is 19.1 Å². The molecule has 0 heterocycles. The number of halogens is 1. The molecule has 0 fully saturated rings. The number of hydrogen-bond donors (Lipinski definition) is 0. The Balaban J connectivity index is 2.23. The van der Waals surface area contributed by atoms with E-state index in [1.54, 1.807) is 19.2 Å². The maximum Gasteiger partial charge on any atom is 0.123 e. The number of hydrogen-bond acceptors (Lipinski definition) is 2. The summed E-state index contributed by atoms with van der Waals surface area (Å²) < 4.78 is 18.3. The Hall–Kier alpha value is -2.34. The number of benzene rings is 2. The molecule has 108 valence electrons. The molecule has 2 aromatic rings. The molecule has 3 heteroatoms. The molecule has 0 saturated carbocycles. The third-order valence-corrected chi connectivity index (χ3v) is 3.59. The van der Waals surface area contributed by atoms with Crippen LogP contribution in [0.5, 0.6) is 5.75 Å². The zero-order valence-corrected chi connectivity index (χ0v) is 12.3. The first-order valence-electron chi connectivity index (χ1n) is 6.98. The molecule has 0 aliphatic heterocycles. The fourth-order valence-electron chi connectivity index (χ4n) is 2.40. The van der Waals surface area contributed by atoms with Crippen molar-refractivity contribution in [3.8, 4) is 11.8 Å². The smallest absolute Gasteiger partial charge is 0.123 e. The van der Waals surface area contributed by atoms with E-state index < -0.39 is 0 Å². The van der Waals surface area contributed by atoms with E-state index in [1.165, 1.54) is 12.1 Å². The van der Waals surface area contributed by atoms with E-state index in [-0.39, 0.29) is 11.7 Å². The van der Waals surface area contributed by atoms with Gasteiger partial charge in [-0.15, -0.1) is 0 Å². The maximum absolute atomic E-state index is 13.0. The monoisotopic (exact) mass is 283 g/mol. The Morgan fingerprint density at radius 1 is 1.19 bits per heavy atom. The normalized spacial score (nSPS) is 11.7. The third-order valence-electron chi connectivity index (χ3n) is 3.59. The van der Waals surface area contributed by atoms with Crippen LogP contribution in [0.3, 0.4) is 0 Å². The lowest BCUT2D eigenvalue weighted by Crippen LogP contribution is -2.02. The maximum atomic E-state index is 13.0. The van der Waals surface area contributed by atoms with Crippen molar-refractivity contribution < 1.29 is 9.13 Å². The molecule has 21 heavy (non-hydrogen) atoms. The van der Waals surface area contributed by atoms with Gasteiger partial charge in [-0.2, -0.15) is 5.26 Å². The highest BCUT2D eigenvalue weighted by Crippen LogP contribution is 2.25. The van der Waals surface area contributed by atoms with E-state index in [2.05, 4.69) is 19.1 Å². The van der Waals surface area contributed by atoms with Crippen LogP contribution in [0.4, 0.5) is 4.39 Å². The van der Waals surface area contributed by atoms with Crippen LogP contribution in [-0.2, 0) is 12.8 Å². The Kier molecular flexibility index (Phi) is 4.94. The first-order valence-corrected chi connectivity index (χ1v) is 6.98. The van der Waals surface area contributed by atoms with Crippen LogP contribution in [0.25, 0.3) is 0 Å². The summed E-state index contributed by atoms with van der Waals surface area (Å²) in [6, 6.07) is 14.4. The van der Waals surface area contributed by atoms with Gasteiger partial charge in [-0.25, -0.2) is 4.39 Å². The van der Waals surface area contributed by atoms with E-state index in [4.69, 9.17) is 4.74 Å². The second-order valence-corrected chi connectivity index (χ2v) is 4.94. The van der Waals surface area contributed by atoms with E-state index in [1.807, 2.05) is 12.1 Å². The number of methoxy groups -OCH3 is 1. The third kappa shape index (κ3) is 3.61. The van der Waals surface area contributed by atoms with Gasteiger partial charge in [-0.3, -0.25) is 0 Å². The highest BCUT2D eigenvalue weighted by Gasteiger charge is 2.13. The largest absolute Gasteiger partial charge is 0.496 e. The van der Waals surface area contributed by atoms with Crippen molar-refractivity contribution in [3.05, 3.63) is 65.0 Å². The minimum Gasteiger partial charge on any atom is -0.496 e. The van der Waals surface area contributed by atoms with Crippen molar-refractivity contribution in [1.29, 1.82) is 5.26 Å². The molecule has 1 unspecified atom stereocenters. The molecule has 2 rings (SSSR count). The van der Waals surface area contributed by atoms with Crippen molar-refractivity contribution in [3.63, 3.8) is 0 Å². The average molecular weight is 283 g/mol. The fourth-order valence-corrected chi connectivity index (χ4v) is 2.40. The van der Waals surface area contributed by atoms with Crippen LogP contribution in [0, 0.1) is 17.1 Å². The van der Waals surface area contributed by atoms with Crippen molar-refractivity contribution in [2.45, 2.75) is 25.7 Å². The van der Waals surface area contributed by atoms with Gasteiger partial charge in [0.25, 0.3) is 0 Å². The van der Waals surface area contributed by atoms with Gasteiger partial charge in [-0.05, 0) is 47.7 Å². The van der Waals surface area contributed by atoms with Crippen LogP contribution in [0.15, 0.2) is 42.5 Å². The molecule has 0 N–H and O–H groups in total. The van der Waals surface area contributed by atoms with E-state index in [0.29, 0.717) is 6.42 Å². The van der Waals surface area contributed by atoms with Gasteiger partial charge in [0, 0.05) is 0 Å². The number of rotatable bonds is 5. The molecule has 2 nitrogen and oxygen atoms in total. The second kappa shape index (κ2) is 6.90. The molecule has 0 saturated heterocycles. The predicted octanol–water partition coefficient (Wildman–Crippen LogP) is 4.25. The molecular formula is C18H18FNO. The van der Waals surface area contributed by atoms with E-state index in [9.17, 15) is 9.65 Å². The van der Waals surface area contributed by atoms with Crippen LogP contribution in [-0.4, -0.2) is 7.11 Å². The summed E-state index contributed by atoms with van der Waals surface area (Å²) >= 11 is 0. The Bertz CT molecular complexity index is 643. The van der Waals surface area contributed by atoms with Gasteiger partial charge in [0.2, 0.25) is 0 Å². The molecule has 0 aliphatic rings. The molecule has 0 radical (unpaired) electrons. The molecule has 0 spiro atoms. The molecule has 0 aliphatic carbocycles. The van der Waals surface area contributed by atoms with Gasteiger partial charge >= 0.3 is 0 Å². The highest BCUT2D eigenvalue weighted by molar-refractivity contribution is 5.39. The topological polar surface area (TPSA) is 33.0 Å².